The van der Waals surface area contributed by atoms with Crippen LogP contribution in [0.15, 0.2) is 54.6 Å². The lowest BCUT2D eigenvalue weighted by Crippen LogP contribution is -2.52. The summed E-state index contributed by atoms with van der Waals surface area (Å²) in [5.74, 6) is 0.470. The zero-order chi connectivity index (χ0) is 20.6. The molecule has 0 aromatic heterocycles. The minimum absolute atomic E-state index is 0.0354. The van der Waals surface area contributed by atoms with E-state index < -0.39 is 0 Å². The van der Waals surface area contributed by atoms with Crippen LogP contribution in [0.3, 0.4) is 0 Å². The van der Waals surface area contributed by atoms with Crippen molar-refractivity contribution in [1.29, 1.82) is 0 Å². The van der Waals surface area contributed by atoms with Crippen LogP contribution < -0.4 is 5.32 Å². The van der Waals surface area contributed by atoms with Gasteiger partial charge in [0.15, 0.2) is 0 Å². The molecule has 1 aliphatic heterocycles. The van der Waals surface area contributed by atoms with Crippen molar-refractivity contribution >= 4 is 6.03 Å². The molecule has 1 atom stereocenters. The van der Waals surface area contributed by atoms with Crippen LogP contribution in [-0.4, -0.2) is 61.8 Å². The van der Waals surface area contributed by atoms with Gasteiger partial charge in [-0.15, -0.1) is 0 Å². The lowest BCUT2D eigenvalue weighted by molar-refractivity contribution is 0.00697. The van der Waals surface area contributed by atoms with E-state index in [0.29, 0.717) is 25.0 Å². The van der Waals surface area contributed by atoms with Gasteiger partial charge in [0.25, 0.3) is 0 Å². The van der Waals surface area contributed by atoms with E-state index >= 15 is 0 Å². The van der Waals surface area contributed by atoms with Gasteiger partial charge in [-0.1, -0.05) is 68.4 Å². The maximum atomic E-state index is 12.8. The summed E-state index contributed by atoms with van der Waals surface area (Å²) in [6.45, 7) is 9.05. The highest BCUT2D eigenvalue weighted by Gasteiger charge is 2.24. The molecule has 2 aromatic rings. The first-order valence-electron chi connectivity index (χ1n) is 10.5. The molecule has 156 valence electrons. The van der Waals surface area contributed by atoms with Gasteiger partial charge in [0.2, 0.25) is 0 Å². The number of amides is 2. The topological polar surface area (TPSA) is 44.8 Å². The Hall–Kier alpha value is -2.37. The van der Waals surface area contributed by atoms with Gasteiger partial charge >= 0.3 is 6.03 Å². The molecule has 3 rings (SSSR count). The Morgan fingerprint density at radius 3 is 2.41 bits per heavy atom. The van der Waals surface area contributed by atoms with Gasteiger partial charge < -0.3 is 15.0 Å². The molecular weight excluding hydrogens is 362 g/mol. The number of rotatable bonds is 7. The molecule has 1 saturated heterocycles. The highest BCUT2D eigenvalue weighted by atomic mass is 16.5. The molecule has 0 bridgehead atoms. The highest BCUT2D eigenvalue weighted by Crippen LogP contribution is 2.24. The fourth-order valence-electron chi connectivity index (χ4n) is 3.91. The average Bonchev–Trinajstić information content (AvgIpc) is 2.75. The van der Waals surface area contributed by atoms with E-state index in [1.54, 1.807) is 4.90 Å². The quantitative estimate of drug-likeness (QED) is 0.774. The number of carbonyl (C=O) groups is 1. The number of morpholine rings is 1. The van der Waals surface area contributed by atoms with E-state index in [1.165, 1.54) is 11.1 Å². The second-order valence-electron chi connectivity index (χ2n) is 8.02. The smallest absolute Gasteiger partial charge is 0.317 e. The van der Waals surface area contributed by atoms with Gasteiger partial charge in [-0.05, 0) is 22.6 Å². The van der Waals surface area contributed by atoms with E-state index in [-0.39, 0.29) is 6.03 Å². The van der Waals surface area contributed by atoms with Crippen LogP contribution in [0.1, 0.15) is 19.4 Å². The van der Waals surface area contributed by atoms with E-state index in [4.69, 9.17) is 4.74 Å². The Morgan fingerprint density at radius 1 is 1.07 bits per heavy atom. The molecule has 2 amide bonds. The normalized spacial score (nSPS) is 15.9. The van der Waals surface area contributed by atoms with Crippen molar-refractivity contribution in [2.75, 3.05) is 39.9 Å². The number of ether oxygens (including phenoxy) is 1. The molecule has 1 N–H and O–H groups in total. The molecule has 0 spiro atoms. The Bertz CT molecular complexity index is 773. The minimum atomic E-state index is -0.0354. The number of benzene rings is 2. The zero-order valence-corrected chi connectivity index (χ0v) is 17.8. The highest BCUT2D eigenvalue weighted by molar-refractivity contribution is 5.75. The summed E-state index contributed by atoms with van der Waals surface area (Å²) in [5.41, 5.74) is 3.48. The fraction of sp³-hybridized carbons (Fsp3) is 0.458. The lowest BCUT2D eigenvalue weighted by Gasteiger charge is -2.37. The van der Waals surface area contributed by atoms with E-state index in [1.807, 2.05) is 37.4 Å². The third kappa shape index (κ3) is 5.81. The van der Waals surface area contributed by atoms with Gasteiger partial charge in [0.1, 0.15) is 0 Å². The Labute approximate surface area is 174 Å². The van der Waals surface area contributed by atoms with E-state index in [9.17, 15) is 4.79 Å². The summed E-state index contributed by atoms with van der Waals surface area (Å²) in [4.78, 5) is 17.0. The van der Waals surface area contributed by atoms with Gasteiger partial charge in [0.05, 0.1) is 13.2 Å². The summed E-state index contributed by atoms with van der Waals surface area (Å²) in [7, 11) is 1.86. The SMILES string of the molecule is CC(C)C(CNC(=O)N(C)Cc1ccccc1-c1ccccc1)N1CCOCC1. The molecule has 1 aliphatic rings. The first-order chi connectivity index (χ1) is 14.1. The van der Waals surface area contributed by atoms with Crippen LogP contribution in [0.25, 0.3) is 11.1 Å². The van der Waals surface area contributed by atoms with Crippen molar-refractivity contribution < 1.29 is 9.53 Å². The first-order valence-corrected chi connectivity index (χ1v) is 10.5. The van der Waals surface area contributed by atoms with Gasteiger partial charge in [-0.2, -0.15) is 0 Å². The number of nitrogens with zero attached hydrogens (tertiary/aromatic N) is 2. The maximum absolute atomic E-state index is 12.8. The molecule has 29 heavy (non-hydrogen) atoms. The molecular formula is C24H33N3O2. The number of hydrogen-bond acceptors (Lipinski definition) is 3. The van der Waals surface area contributed by atoms with Crippen LogP contribution in [-0.2, 0) is 11.3 Å². The van der Waals surface area contributed by atoms with Crippen LogP contribution in [0.5, 0.6) is 0 Å². The van der Waals surface area contributed by atoms with Crippen LogP contribution in [0, 0.1) is 5.92 Å². The molecule has 0 aliphatic carbocycles. The number of hydrogen-bond donors (Lipinski definition) is 1. The van der Waals surface area contributed by atoms with Crippen molar-refractivity contribution in [3.05, 3.63) is 60.2 Å². The Morgan fingerprint density at radius 2 is 1.72 bits per heavy atom. The zero-order valence-electron chi connectivity index (χ0n) is 17.8. The summed E-state index contributed by atoms with van der Waals surface area (Å²) in [6.07, 6.45) is 0. The van der Waals surface area contributed by atoms with Gasteiger partial charge in [0, 0.05) is 39.3 Å². The predicted octanol–water partition coefficient (Wildman–Crippen LogP) is 3.85. The summed E-state index contributed by atoms with van der Waals surface area (Å²) < 4.78 is 5.47. The Kier molecular flexibility index (Phi) is 7.67. The van der Waals surface area contributed by atoms with E-state index in [2.05, 4.69) is 48.3 Å². The fourth-order valence-corrected chi connectivity index (χ4v) is 3.91. The second-order valence-corrected chi connectivity index (χ2v) is 8.02. The molecule has 5 nitrogen and oxygen atoms in total. The molecule has 1 heterocycles. The number of carbonyl (C=O) groups excluding carboxylic acids is 1. The van der Waals surface area contributed by atoms with Crippen molar-refractivity contribution in [3.63, 3.8) is 0 Å². The van der Waals surface area contributed by atoms with Crippen LogP contribution in [0.2, 0.25) is 0 Å². The summed E-state index contributed by atoms with van der Waals surface area (Å²) >= 11 is 0. The third-order valence-electron chi connectivity index (χ3n) is 5.60. The Balaban J connectivity index is 1.61. The van der Waals surface area contributed by atoms with Crippen LogP contribution >= 0.6 is 0 Å². The standard InChI is InChI=1S/C24H33N3O2/c1-19(2)23(27-13-15-29-16-14-27)17-25-24(28)26(3)18-21-11-7-8-12-22(21)20-9-5-4-6-10-20/h4-12,19,23H,13-18H2,1-3H3,(H,25,28). The van der Waals surface area contributed by atoms with Crippen molar-refractivity contribution in [2.24, 2.45) is 5.92 Å². The van der Waals surface area contributed by atoms with E-state index in [0.717, 1.165) is 31.9 Å². The predicted molar refractivity (Wildman–Crippen MR) is 118 cm³/mol. The second kappa shape index (κ2) is 10.4. The molecule has 0 saturated carbocycles. The minimum Gasteiger partial charge on any atom is -0.379 e. The molecule has 0 radical (unpaired) electrons. The summed E-state index contributed by atoms with van der Waals surface area (Å²) in [6, 6.07) is 18.9. The number of urea groups is 1. The van der Waals surface area contributed by atoms with Gasteiger partial charge in [-0.25, -0.2) is 4.79 Å². The number of nitrogens with one attached hydrogen (secondary N) is 1. The summed E-state index contributed by atoms with van der Waals surface area (Å²) in [5, 5.41) is 3.15. The van der Waals surface area contributed by atoms with Crippen molar-refractivity contribution in [3.8, 4) is 11.1 Å². The van der Waals surface area contributed by atoms with Crippen molar-refractivity contribution in [1.82, 2.24) is 15.1 Å². The van der Waals surface area contributed by atoms with Gasteiger partial charge in [-0.3, -0.25) is 4.90 Å². The monoisotopic (exact) mass is 395 g/mol. The molecule has 5 heteroatoms. The first kappa shape index (κ1) is 21.3. The average molecular weight is 396 g/mol. The van der Waals surface area contributed by atoms with Crippen molar-refractivity contribution in [2.45, 2.75) is 26.4 Å². The molecule has 1 fully saturated rings. The molecule has 2 aromatic carbocycles. The molecule has 1 unspecified atom stereocenters. The van der Waals surface area contributed by atoms with Crippen LogP contribution in [0.4, 0.5) is 4.79 Å². The lowest BCUT2D eigenvalue weighted by atomic mass is 9.99. The third-order valence-corrected chi connectivity index (χ3v) is 5.60. The largest absolute Gasteiger partial charge is 0.379 e. The maximum Gasteiger partial charge on any atom is 0.317 e.